The van der Waals surface area contributed by atoms with E-state index in [1.165, 1.54) is 23.9 Å². The van der Waals surface area contributed by atoms with Crippen LogP contribution in [0.1, 0.15) is 22.9 Å². The molecule has 0 spiro atoms. The summed E-state index contributed by atoms with van der Waals surface area (Å²) in [6.07, 6.45) is 4.85. The summed E-state index contributed by atoms with van der Waals surface area (Å²) in [7, 11) is 1.55. The molecule has 1 aromatic heterocycles. The molecule has 2 heterocycles. The molecule has 1 unspecified atom stereocenters. The molecule has 3 aromatic carbocycles. The van der Waals surface area contributed by atoms with Gasteiger partial charge in [-0.2, -0.15) is 0 Å². The van der Waals surface area contributed by atoms with E-state index in [-0.39, 0.29) is 11.9 Å². The molecule has 198 valence electrons. The highest BCUT2D eigenvalue weighted by Gasteiger charge is 2.31. The number of amides is 1. The Hall–Kier alpha value is -4.17. The number of methoxy groups -OCH3 is 1. The van der Waals surface area contributed by atoms with E-state index in [9.17, 15) is 9.18 Å². The van der Waals surface area contributed by atoms with Gasteiger partial charge in [-0.1, -0.05) is 23.7 Å². The number of fused-ring (bicyclic) bond motifs is 3. The van der Waals surface area contributed by atoms with E-state index in [4.69, 9.17) is 26.8 Å². The lowest BCUT2D eigenvalue weighted by Crippen LogP contribution is -2.34. The van der Waals surface area contributed by atoms with E-state index in [1.807, 2.05) is 47.4 Å². The average molecular weight is 537 g/mol. The molecular formula is C29H30ClFN4O3. The Morgan fingerprint density at radius 2 is 1.87 bits per heavy atom. The van der Waals surface area contributed by atoms with Crippen LogP contribution < -0.4 is 20.5 Å². The Labute approximate surface area is 226 Å². The van der Waals surface area contributed by atoms with Crippen molar-refractivity contribution in [3.8, 4) is 11.5 Å². The molecule has 0 aliphatic carbocycles. The van der Waals surface area contributed by atoms with Gasteiger partial charge in [0.05, 0.1) is 13.2 Å². The van der Waals surface area contributed by atoms with E-state index in [1.54, 1.807) is 25.4 Å². The van der Waals surface area contributed by atoms with Crippen LogP contribution in [0.5, 0.6) is 11.5 Å². The molecular weight excluding hydrogens is 507 g/mol. The van der Waals surface area contributed by atoms with Crippen LogP contribution >= 0.6 is 11.6 Å². The maximum absolute atomic E-state index is 12.2. The molecule has 4 aromatic rings. The predicted octanol–water partition coefficient (Wildman–Crippen LogP) is 5.16. The van der Waals surface area contributed by atoms with E-state index >= 15 is 0 Å². The number of nitrogens with one attached hydrogen (secondary N) is 2. The summed E-state index contributed by atoms with van der Waals surface area (Å²) in [6.45, 7) is 1.86. The van der Waals surface area contributed by atoms with Gasteiger partial charge in [0.15, 0.2) is 0 Å². The van der Waals surface area contributed by atoms with Crippen molar-refractivity contribution >= 4 is 28.9 Å². The highest BCUT2D eigenvalue weighted by atomic mass is 35.5. The number of hydrogen-bond donors (Lipinski definition) is 3. The minimum absolute atomic E-state index is 0.159. The first-order chi connectivity index (χ1) is 18.5. The number of benzene rings is 3. The van der Waals surface area contributed by atoms with Crippen molar-refractivity contribution in [2.24, 2.45) is 5.73 Å². The van der Waals surface area contributed by atoms with E-state index in [0.717, 1.165) is 40.7 Å². The molecule has 1 atom stereocenters. The van der Waals surface area contributed by atoms with Crippen molar-refractivity contribution in [1.29, 1.82) is 0 Å². The van der Waals surface area contributed by atoms with Crippen LogP contribution in [0.4, 0.5) is 4.39 Å². The van der Waals surface area contributed by atoms with Gasteiger partial charge in [0, 0.05) is 47.1 Å². The molecule has 1 aliphatic heterocycles. The Morgan fingerprint density at radius 1 is 1.13 bits per heavy atom. The monoisotopic (exact) mass is 536 g/mol. The number of carbonyl (C=O) groups excluding carboxylic acids is 1. The molecule has 9 heteroatoms. The van der Waals surface area contributed by atoms with Gasteiger partial charge in [0.1, 0.15) is 23.9 Å². The van der Waals surface area contributed by atoms with E-state index < -0.39 is 0 Å². The van der Waals surface area contributed by atoms with Crippen molar-refractivity contribution in [3.05, 3.63) is 107 Å². The van der Waals surface area contributed by atoms with Crippen molar-refractivity contribution in [2.45, 2.75) is 12.5 Å². The quantitative estimate of drug-likeness (QED) is 0.214. The number of carbonyl (C=O) groups is 1. The molecule has 0 radical (unpaired) electrons. The van der Waals surface area contributed by atoms with Crippen LogP contribution in [0.2, 0.25) is 5.02 Å². The Bertz CT molecular complexity index is 1370. The number of rotatable bonds is 8. The molecule has 1 aliphatic rings. The molecule has 38 heavy (non-hydrogen) atoms. The smallest absolute Gasteiger partial charge is 0.210 e. The normalized spacial score (nSPS) is 14.5. The summed E-state index contributed by atoms with van der Waals surface area (Å²) in [6, 6.07) is 19.5. The van der Waals surface area contributed by atoms with Crippen LogP contribution in [0, 0.1) is 5.82 Å². The Balaban J connectivity index is 0.000000317. The third-order valence-electron chi connectivity index (χ3n) is 6.24. The molecule has 0 bridgehead atoms. The van der Waals surface area contributed by atoms with Gasteiger partial charge in [-0.3, -0.25) is 4.79 Å². The molecule has 1 amide bonds. The van der Waals surface area contributed by atoms with Gasteiger partial charge in [0.25, 0.3) is 0 Å². The molecule has 7 nitrogen and oxygen atoms in total. The fraction of sp³-hybridized carbons (Fsp3) is 0.207. The highest BCUT2D eigenvalue weighted by molar-refractivity contribution is 6.31. The molecule has 0 saturated heterocycles. The number of nitrogens with zero attached hydrogens (tertiary/aromatic N) is 1. The van der Waals surface area contributed by atoms with Gasteiger partial charge < -0.3 is 30.4 Å². The fourth-order valence-electron chi connectivity index (χ4n) is 4.45. The molecule has 0 fully saturated rings. The van der Waals surface area contributed by atoms with Crippen LogP contribution in [-0.4, -0.2) is 43.1 Å². The second-order valence-electron chi connectivity index (χ2n) is 8.59. The topological polar surface area (TPSA) is 92.6 Å². The number of H-pyrrole nitrogens is 1. The molecule has 0 saturated carbocycles. The minimum Gasteiger partial charge on any atom is -0.497 e. The summed E-state index contributed by atoms with van der Waals surface area (Å²) >= 11 is 6.21. The van der Waals surface area contributed by atoms with Crippen LogP contribution in [0.15, 0.2) is 79.1 Å². The second kappa shape index (κ2) is 12.9. The number of ether oxygens (including phenoxy) is 2. The largest absolute Gasteiger partial charge is 0.497 e. The first-order valence-corrected chi connectivity index (χ1v) is 12.5. The summed E-state index contributed by atoms with van der Waals surface area (Å²) in [4.78, 5) is 17.1. The van der Waals surface area contributed by atoms with E-state index in [0.29, 0.717) is 30.5 Å². The van der Waals surface area contributed by atoms with Gasteiger partial charge in [-0.05, 0) is 72.1 Å². The van der Waals surface area contributed by atoms with Gasteiger partial charge in [-0.25, -0.2) is 4.39 Å². The van der Waals surface area contributed by atoms with Crippen molar-refractivity contribution in [2.75, 3.05) is 26.8 Å². The lowest BCUT2D eigenvalue weighted by Gasteiger charge is -2.33. The third kappa shape index (κ3) is 6.39. The number of halogens is 2. The zero-order valence-electron chi connectivity index (χ0n) is 21.0. The maximum Gasteiger partial charge on any atom is 0.210 e. The third-order valence-corrected chi connectivity index (χ3v) is 6.47. The maximum atomic E-state index is 12.2. The van der Waals surface area contributed by atoms with Crippen molar-refractivity contribution < 1.29 is 18.7 Å². The van der Waals surface area contributed by atoms with Crippen LogP contribution in [0.3, 0.4) is 0 Å². The highest BCUT2D eigenvalue weighted by Crippen LogP contribution is 2.38. The lowest BCUT2D eigenvalue weighted by atomic mass is 9.93. The average Bonchev–Trinajstić information content (AvgIpc) is 3.31. The SMILES string of the molecule is COc1ccc(F)cc1.N/C=C\NCCOc1ccc(C2c3[nH]c4ccc(Cl)cc4c3CCN2C=O)cc1. The summed E-state index contributed by atoms with van der Waals surface area (Å²) in [5.74, 6) is 1.22. The number of hydrogen-bond acceptors (Lipinski definition) is 5. The van der Waals surface area contributed by atoms with Gasteiger partial charge in [-0.15, -0.1) is 0 Å². The first-order valence-electron chi connectivity index (χ1n) is 12.2. The van der Waals surface area contributed by atoms with Crippen molar-refractivity contribution in [3.63, 3.8) is 0 Å². The minimum atomic E-state index is -0.240. The Kier molecular flexibility index (Phi) is 9.11. The number of aromatic nitrogens is 1. The molecule has 4 N–H and O–H groups in total. The summed E-state index contributed by atoms with van der Waals surface area (Å²) < 4.78 is 22.7. The molecule has 5 rings (SSSR count). The first kappa shape index (κ1) is 26.9. The Morgan fingerprint density at radius 3 is 2.55 bits per heavy atom. The van der Waals surface area contributed by atoms with E-state index in [2.05, 4.69) is 10.3 Å². The number of nitrogens with two attached hydrogens (primary N) is 1. The van der Waals surface area contributed by atoms with Crippen LogP contribution in [-0.2, 0) is 11.2 Å². The van der Waals surface area contributed by atoms with Crippen LogP contribution in [0.25, 0.3) is 10.9 Å². The van der Waals surface area contributed by atoms with Gasteiger partial charge >= 0.3 is 0 Å². The zero-order chi connectivity index (χ0) is 26.9. The lowest BCUT2D eigenvalue weighted by molar-refractivity contribution is -0.120. The number of aromatic amines is 1. The zero-order valence-corrected chi connectivity index (χ0v) is 21.7. The fourth-order valence-corrected chi connectivity index (χ4v) is 4.62. The summed E-state index contributed by atoms with van der Waals surface area (Å²) in [5, 5.41) is 4.86. The second-order valence-corrected chi connectivity index (χ2v) is 9.03. The summed E-state index contributed by atoms with van der Waals surface area (Å²) in [5.41, 5.74) is 9.62. The van der Waals surface area contributed by atoms with Gasteiger partial charge in [0.2, 0.25) is 6.41 Å². The standard InChI is InChI=1S/C22H23ClN4O2.C7H7FO/c23-16-3-6-20-19(13-16)18-7-11-27(14-28)22(21(18)26-20)15-1-4-17(5-2-15)29-12-10-25-9-8-24;1-9-7-4-2-6(8)3-5-7/h1-6,8-9,13-14,22,25-26H,7,10-12,24H2;2-5H,1H3/b9-8-;. The predicted molar refractivity (Wildman–Crippen MR) is 148 cm³/mol. The van der Waals surface area contributed by atoms with Crippen molar-refractivity contribution in [1.82, 2.24) is 15.2 Å².